The second kappa shape index (κ2) is 2.67. The van der Waals surface area contributed by atoms with Crippen LogP contribution in [-0.2, 0) is 6.54 Å². The lowest BCUT2D eigenvalue weighted by Crippen LogP contribution is -2.25. The van der Waals surface area contributed by atoms with Crippen LogP contribution < -0.4 is 0 Å². The summed E-state index contributed by atoms with van der Waals surface area (Å²) in [5.41, 5.74) is 1.52. The van der Waals surface area contributed by atoms with Crippen LogP contribution in [0.3, 0.4) is 0 Å². The average molecular weight is 265 g/mol. The molecule has 1 aliphatic carbocycles. The van der Waals surface area contributed by atoms with Crippen molar-refractivity contribution in [2.45, 2.75) is 29.9 Å². The maximum atomic E-state index is 3.89. The maximum absolute atomic E-state index is 3.89. The van der Waals surface area contributed by atoms with Gasteiger partial charge in [0.15, 0.2) is 6.04 Å². The van der Waals surface area contributed by atoms with Crippen molar-refractivity contribution in [3.63, 3.8) is 0 Å². The van der Waals surface area contributed by atoms with Gasteiger partial charge in [0.05, 0.1) is 11.4 Å². The molecule has 5 rings (SSSR count). The molecular weight excluding hydrogens is 250 g/mol. The van der Waals surface area contributed by atoms with Crippen LogP contribution in [0.2, 0.25) is 0 Å². The van der Waals surface area contributed by atoms with Gasteiger partial charge in [-0.3, -0.25) is 0 Å². The fourth-order valence-corrected chi connectivity index (χ4v) is 5.39. The number of quaternary nitrogens is 1. The molecule has 3 saturated heterocycles. The van der Waals surface area contributed by atoms with Gasteiger partial charge >= 0.3 is 0 Å². The molecule has 15 heavy (non-hydrogen) atoms. The first-order chi connectivity index (χ1) is 7.31. The summed E-state index contributed by atoms with van der Waals surface area (Å²) >= 11 is 3.89. The summed E-state index contributed by atoms with van der Waals surface area (Å²) in [6, 6.07) is 13.0. The van der Waals surface area contributed by atoms with Gasteiger partial charge in [0.2, 0.25) is 0 Å². The monoisotopic (exact) mass is 264 g/mol. The number of nitrogens with zero attached hydrogens (tertiary/aromatic N) is 1. The summed E-state index contributed by atoms with van der Waals surface area (Å²) < 4.78 is 1.41. The number of rotatable bonds is 2. The zero-order valence-electron chi connectivity index (χ0n) is 8.64. The lowest BCUT2D eigenvalue weighted by Gasteiger charge is -2.15. The molecular formula is C13H15BrN+. The molecule has 0 N–H and O–H groups in total. The molecule has 1 unspecified atom stereocenters. The normalized spacial score (nSPS) is 49.7. The highest BCUT2D eigenvalue weighted by Gasteiger charge is 2.81. The van der Waals surface area contributed by atoms with E-state index in [9.17, 15) is 0 Å². The lowest BCUT2D eigenvalue weighted by atomic mass is 10.1. The van der Waals surface area contributed by atoms with Crippen LogP contribution in [0.25, 0.3) is 0 Å². The summed E-state index contributed by atoms with van der Waals surface area (Å²) in [4.78, 5) is 0.825. The Bertz CT molecular complexity index is 404. The van der Waals surface area contributed by atoms with E-state index in [4.69, 9.17) is 0 Å². The first kappa shape index (κ1) is 8.77. The minimum Gasteiger partial charge on any atom is -0.304 e. The predicted molar refractivity (Wildman–Crippen MR) is 63.7 cm³/mol. The van der Waals surface area contributed by atoms with Gasteiger partial charge in [0.25, 0.3) is 0 Å². The molecule has 0 amide bonds. The highest BCUT2D eigenvalue weighted by atomic mass is 79.9. The lowest BCUT2D eigenvalue weighted by molar-refractivity contribution is -0.823. The average Bonchev–Trinajstić information content (AvgIpc) is 2.55. The highest BCUT2D eigenvalue weighted by Crippen LogP contribution is 2.64. The Hall–Kier alpha value is -0.340. The van der Waals surface area contributed by atoms with E-state index >= 15 is 0 Å². The molecule has 1 aromatic carbocycles. The molecule has 2 heteroatoms. The number of alkyl halides is 1. The Morgan fingerprint density at radius 2 is 2.07 bits per heavy atom. The fourth-order valence-electron chi connectivity index (χ4n) is 4.18. The molecule has 4 aliphatic rings. The third-order valence-corrected chi connectivity index (χ3v) is 6.06. The maximum Gasteiger partial charge on any atom is 0.155 e. The number of hydrogen-bond donors (Lipinski definition) is 0. The van der Waals surface area contributed by atoms with Crippen molar-refractivity contribution in [3.05, 3.63) is 35.9 Å². The van der Waals surface area contributed by atoms with Gasteiger partial charge in [-0.1, -0.05) is 46.3 Å². The van der Waals surface area contributed by atoms with E-state index in [-0.39, 0.29) is 0 Å². The highest BCUT2D eigenvalue weighted by molar-refractivity contribution is 9.09. The molecule has 1 aromatic rings. The molecule has 3 aliphatic heterocycles. The number of piperidine rings is 3. The minimum atomic E-state index is 0.825. The second-order valence-electron chi connectivity index (χ2n) is 5.43. The Kier molecular flexibility index (Phi) is 1.56. The van der Waals surface area contributed by atoms with Gasteiger partial charge in [-0.25, -0.2) is 0 Å². The molecule has 3 heterocycles. The van der Waals surface area contributed by atoms with E-state index in [1.165, 1.54) is 29.6 Å². The summed E-state index contributed by atoms with van der Waals surface area (Å²) in [7, 11) is 0. The van der Waals surface area contributed by atoms with Crippen molar-refractivity contribution in [2.75, 3.05) is 6.54 Å². The SMILES string of the molecule is Br[C@@H]1[C@@H]2C[C@@H]3[C@H]1[N+]3(Cc1ccccc1)C2. The van der Waals surface area contributed by atoms with Crippen molar-refractivity contribution < 1.29 is 4.48 Å². The number of benzene rings is 1. The van der Waals surface area contributed by atoms with Crippen LogP contribution >= 0.6 is 15.9 Å². The fraction of sp³-hybridized carbons (Fsp3) is 0.538. The standard InChI is InChI=1S/C13H15BrN/c14-12-10-6-11-13(12)15(11,8-10)7-9-4-2-1-3-5-9/h1-5,10-13H,6-8H2/q+1/t10-,11-,12-,13-,15?/m1/s1. The van der Waals surface area contributed by atoms with Crippen molar-refractivity contribution in [2.24, 2.45) is 5.92 Å². The van der Waals surface area contributed by atoms with Crippen molar-refractivity contribution in [1.29, 1.82) is 0 Å². The van der Waals surface area contributed by atoms with Gasteiger partial charge in [-0.15, -0.1) is 0 Å². The first-order valence-corrected chi connectivity index (χ1v) is 6.77. The third kappa shape index (κ3) is 0.974. The van der Waals surface area contributed by atoms with Crippen molar-refractivity contribution in [3.8, 4) is 0 Å². The minimum absolute atomic E-state index is 0.825. The van der Waals surface area contributed by atoms with Crippen LogP contribution in [0.1, 0.15) is 12.0 Å². The van der Waals surface area contributed by atoms with E-state index in [1.54, 1.807) is 0 Å². The van der Waals surface area contributed by atoms with E-state index in [0.717, 1.165) is 22.8 Å². The van der Waals surface area contributed by atoms with E-state index in [0.29, 0.717) is 0 Å². The molecule has 0 spiro atoms. The molecule has 4 bridgehead atoms. The van der Waals surface area contributed by atoms with E-state index in [1.807, 2.05) is 0 Å². The number of halogens is 1. The van der Waals surface area contributed by atoms with Gasteiger partial charge in [-0.05, 0) is 0 Å². The molecule has 0 radical (unpaired) electrons. The Morgan fingerprint density at radius 3 is 2.60 bits per heavy atom. The quantitative estimate of drug-likeness (QED) is 0.438. The van der Waals surface area contributed by atoms with Crippen LogP contribution in [0.15, 0.2) is 30.3 Å². The second-order valence-corrected chi connectivity index (χ2v) is 6.48. The van der Waals surface area contributed by atoms with Crippen molar-refractivity contribution in [1.82, 2.24) is 0 Å². The Balaban J connectivity index is 1.63. The predicted octanol–water partition coefficient (Wildman–Crippen LogP) is 2.55. The zero-order valence-corrected chi connectivity index (χ0v) is 10.2. The zero-order chi connectivity index (χ0) is 10.0. The largest absolute Gasteiger partial charge is 0.304 e. The van der Waals surface area contributed by atoms with Crippen molar-refractivity contribution >= 4 is 15.9 Å². The number of hydrogen-bond acceptors (Lipinski definition) is 0. The van der Waals surface area contributed by atoms with Gasteiger partial charge in [-0.2, -0.15) is 0 Å². The molecule has 1 saturated carbocycles. The van der Waals surface area contributed by atoms with E-state index < -0.39 is 0 Å². The van der Waals surface area contributed by atoms with Crippen LogP contribution in [0, 0.1) is 5.92 Å². The Morgan fingerprint density at radius 1 is 1.27 bits per heavy atom. The Labute approximate surface area is 98.8 Å². The summed E-state index contributed by atoms with van der Waals surface area (Å²) in [6.45, 7) is 2.70. The smallest absolute Gasteiger partial charge is 0.155 e. The summed E-state index contributed by atoms with van der Waals surface area (Å²) in [6.07, 6.45) is 1.48. The van der Waals surface area contributed by atoms with Gasteiger partial charge in [0, 0.05) is 17.9 Å². The van der Waals surface area contributed by atoms with Crippen LogP contribution in [0.4, 0.5) is 0 Å². The van der Waals surface area contributed by atoms with Gasteiger partial charge < -0.3 is 4.48 Å². The summed E-state index contributed by atoms with van der Waals surface area (Å²) in [5, 5.41) is 0. The van der Waals surface area contributed by atoms with Crippen LogP contribution in [-0.4, -0.2) is 27.9 Å². The van der Waals surface area contributed by atoms with Crippen LogP contribution in [0.5, 0.6) is 0 Å². The van der Waals surface area contributed by atoms with Gasteiger partial charge in [0.1, 0.15) is 12.6 Å². The molecule has 0 aromatic heterocycles. The molecule has 5 atom stereocenters. The van der Waals surface area contributed by atoms with E-state index in [2.05, 4.69) is 46.3 Å². The summed E-state index contributed by atoms with van der Waals surface area (Å²) in [5.74, 6) is 0.976. The topological polar surface area (TPSA) is 0 Å². The molecule has 78 valence electrons. The first-order valence-electron chi connectivity index (χ1n) is 5.86. The third-order valence-electron chi connectivity index (χ3n) is 4.77. The molecule has 4 fully saturated rings. The molecule has 1 nitrogen and oxygen atoms in total.